The molecule has 2 heterocycles. The van der Waals surface area contributed by atoms with Crippen LogP contribution in [0, 0.1) is 16.9 Å². The number of aromatic nitrogens is 2. The van der Waals surface area contributed by atoms with Crippen molar-refractivity contribution < 1.29 is 30.0 Å². The van der Waals surface area contributed by atoms with Crippen LogP contribution in [-0.2, 0) is 30.3 Å². The third-order valence-corrected chi connectivity index (χ3v) is 10.8. The summed E-state index contributed by atoms with van der Waals surface area (Å²) in [5.74, 6) is 0.286. The maximum Gasteiger partial charge on any atom is 0.164 e. The molecule has 3 aromatic carbocycles. The number of carbonyl (C=O) groups excluding carboxylic acids is 1. The van der Waals surface area contributed by atoms with Gasteiger partial charge in [0, 0.05) is 53.0 Å². The number of fused-ring (bicyclic) bond motifs is 2. The SMILES string of the molecule is CC(C)(C)c1cc(-c2cc(-c3cccc4ccsc34)ncn2)[c-]c2ccccc12.CCC(C)(CC)C(=O)/C=C(\O)C(C)(CC)CC.[Ir]. The first-order chi connectivity index (χ1) is 21.8. The van der Waals surface area contributed by atoms with Crippen molar-refractivity contribution in [2.75, 3.05) is 0 Å². The molecule has 0 saturated carbocycles. The Kier molecular flexibility index (Phi) is 12.9. The van der Waals surface area contributed by atoms with Gasteiger partial charge in [0.05, 0.1) is 5.69 Å². The molecule has 0 bridgehead atoms. The molecule has 5 rings (SSSR count). The summed E-state index contributed by atoms with van der Waals surface area (Å²) >= 11 is 1.75. The average molecular weight is 826 g/mol. The Labute approximate surface area is 299 Å². The van der Waals surface area contributed by atoms with Gasteiger partial charge in [-0.15, -0.1) is 40.5 Å². The van der Waals surface area contributed by atoms with E-state index in [2.05, 4.69) is 103 Å². The minimum atomic E-state index is -0.337. The van der Waals surface area contributed by atoms with Gasteiger partial charge in [-0.25, -0.2) is 4.98 Å². The van der Waals surface area contributed by atoms with Gasteiger partial charge in [0.2, 0.25) is 0 Å². The van der Waals surface area contributed by atoms with E-state index in [1.807, 2.05) is 41.5 Å². The van der Waals surface area contributed by atoms with Crippen LogP contribution in [-0.4, -0.2) is 20.9 Å². The van der Waals surface area contributed by atoms with E-state index in [1.54, 1.807) is 17.7 Å². The van der Waals surface area contributed by atoms with Crippen molar-refractivity contribution in [3.8, 4) is 22.5 Å². The molecule has 0 aliphatic carbocycles. The van der Waals surface area contributed by atoms with Gasteiger partial charge < -0.3 is 5.11 Å². The number of aliphatic hydroxyl groups is 1. The minimum absolute atomic E-state index is 0. The van der Waals surface area contributed by atoms with Gasteiger partial charge in [0.15, 0.2) is 5.78 Å². The van der Waals surface area contributed by atoms with Crippen LogP contribution < -0.4 is 0 Å². The number of hydrogen-bond acceptors (Lipinski definition) is 5. The van der Waals surface area contributed by atoms with Gasteiger partial charge in [-0.3, -0.25) is 9.78 Å². The first kappa shape index (κ1) is 38.3. The van der Waals surface area contributed by atoms with E-state index in [-0.39, 0.29) is 47.9 Å². The fraction of sp³-hybridized carbons (Fsp3) is 0.390. The third-order valence-electron chi connectivity index (χ3n) is 9.88. The summed E-state index contributed by atoms with van der Waals surface area (Å²) < 4.78 is 1.26. The number of benzene rings is 3. The zero-order valence-corrected chi connectivity index (χ0v) is 32.5. The van der Waals surface area contributed by atoms with E-state index in [9.17, 15) is 9.90 Å². The maximum atomic E-state index is 12.2. The second kappa shape index (κ2) is 15.8. The predicted molar refractivity (Wildman–Crippen MR) is 196 cm³/mol. The third kappa shape index (κ3) is 8.46. The Hall–Kier alpha value is -3.18. The Balaban J connectivity index is 0.000000290. The predicted octanol–water partition coefficient (Wildman–Crippen LogP) is 11.9. The summed E-state index contributed by atoms with van der Waals surface area (Å²) in [6.07, 6.45) is 6.42. The molecule has 2 aromatic heterocycles. The van der Waals surface area contributed by atoms with Crippen molar-refractivity contribution >= 4 is 38.0 Å². The van der Waals surface area contributed by atoms with Gasteiger partial charge >= 0.3 is 0 Å². The maximum absolute atomic E-state index is 12.2. The molecule has 0 amide bonds. The number of nitrogens with zero attached hydrogens (tertiary/aromatic N) is 2. The summed E-state index contributed by atoms with van der Waals surface area (Å²) in [5, 5.41) is 15.9. The molecular weight excluding hydrogens is 777 g/mol. The van der Waals surface area contributed by atoms with E-state index in [1.165, 1.54) is 27.1 Å². The van der Waals surface area contributed by atoms with E-state index >= 15 is 0 Å². The number of aliphatic hydroxyl groups excluding tert-OH is 1. The van der Waals surface area contributed by atoms with Crippen molar-refractivity contribution in [3.63, 3.8) is 0 Å². The summed E-state index contributed by atoms with van der Waals surface area (Å²) in [7, 11) is 0. The fourth-order valence-electron chi connectivity index (χ4n) is 5.52. The van der Waals surface area contributed by atoms with Crippen LogP contribution in [0.1, 0.15) is 93.6 Å². The van der Waals surface area contributed by atoms with E-state index in [0.717, 1.165) is 53.6 Å². The number of hydrogen-bond donors (Lipinski definition) is 1. The van der Waals surface area contributed by atoms with E-state index in [4.69, 9.17) is 0 Å². The largest absolute Gasteiger partial charge is 0.512 e. The van der Waals surface area contributed by atoms with Crippen LogP contribution in [0.2, 0.25) is 0 Å². The molecule has 0 spiro atoms. The quantitative estimate of drug-likeness (QED) is 0.0913. The van der Waals surface area contributed by atoms with Crippen molar-refractivity contribution in [1.82, 2.24) is 9.97 Å². The molecule has 251 valence electrons. The van der Waals surface area contributed by atoms with Crippen molar-refractivity contribution in [2.45, 2.75) is 93.4 Å². The van der Waals surface area contributed by atoms with Crippen LogP contribution in [0.4, 0.5) is 0 Å². The van der Waals surface area contributed by atoms with Crippen molar-refractivity contribution in [2.24, 2.45) is 10.8 Å². The molecular formula is C41H49IrN2O2S-. The second-order valence-corrected chi connectivity index (χ2v) is 14.7. The van der Waals surface area contributed by atoms with Crippen molar-refractivity contribution in [3.05, 3.63) is 95.8 Å². The Morgan fingerprint density at radius 1 is 0.830 bits per heavy atom. The van der Waals surface area contributed by atoms with Crippen LogP contribution in [0.3, 0.4) is 0 Å². The molecule has 5 aromatic rings. The normalized spacial score (nSPS) is 12.4. The molecule has 47 heavy (non-hydrogen) atoms. The number of ketones is 1. The smallest absolute Gasteiger partial charge is 0.164 e. The summed E-state index contributed by atoms with van der Waals surface area (Å²) in [5.41, 5.74) is 4.74. The molecule has 0 fully saturated rings. The number of allylic oxidation sites excluding steroid dienone is 2. The minimum Gasteiger partial charge on any atom is -0.512 e. The molecule has 0 unspecified atom stereocenters. The van der Waals surface area contributed by atoms with E-state index < -0.39 is 0 Å². The molecule has 1 radical (unpaired) electrons. The Bertz CT molecular complexity index is 1840. The molecule has 0 aliphatic rings. The molecule has 0 atom stereocenters. The Morgan fingerprint density at radius 2 is 1.47 bits per heavy atom. The summed E-state index contributed by atoms with van der Waals surface area (Å²) in [6, 6.07) is 24.9. The zero-order valence-electron chi connectivity index (χ0n) is 29.3. The van der Waals surface area contributed by atoms with Gasteiger partial charge in [-0.1, -0.05) is 110 Å². The van der Waals surface area contributed by atoms with Crippen LogP contribution in [0.25, 0.3) is 43.4 Å². The van der Waals surface area contributed by atoms with Gasteiger partial charge in [-0.05, 0) is 54.0 Å². The molecule has 1 N–H and O–H groups in total. The molecule has 4 nitrogen and oxygen atoms in total. The number of thiophene rings is 1. The van der Waals surface area contributed by atoms with Crippen LogP contribution in [0.15, 0.2) is 84.2 Å². The molecule has 6 heteroatoms. The van der Waals surface area contributed by atoms with Gasteiger partial charge in [-0.2, -0.15) is 0 Å². The number of carbonyl (C=O) groups is 1. The van der Waals surface area contributed by atoms with Crippen molar-refractivity contribution in [1.29, 1.82) is 0 Å². The fourth-order valence-corrected chi connectivity index (χ4v) is 6.44. The first-order valence-electron chi connectivity index (χ1n) is 16.5. The molecule has 0 aliphatic heterocycles. The second-order valence-electron chi connectivity index (χ2n) is 13.8. The van der Waals surface area contributed by atoms with E-state index in [0.29, 0.717) is 0 Å². The zero-order chi connectivity index (χ0) is 33.7. The summed E-state index contributed by atoms with van der Waals surface area (Å²) in [4.78, 5) is 21.4. The van der Waals surface area contributed by atoms with Crippen LogP contribution >= 0.6 is 11.3 Å². The first-order valence-corrected chi connectivity index (χ1v) is 17.4. The molecule has 0 saturated heterocycles. The Morgan fingerprint density at radius 3 is 2.11 bits per heavy atom. The average Bonchev–Trinajstić information content (AvgIpc) is 3.56. The van der Waals surface area contributed by atoms with Crippen LogP contribution in [0.5, 0.6) is 0 Å². The number of rotatable bonds is 9. The van der Waals surface area contributed by atoms with Gasteiger partial charge in [0.1, 0.15) is 12.1 Å². The van der Waals surface area contributed by atoms with Gasteiger partial charge in [0.25, 0.3) is 0 Å². The standard InChI is InChI=1S/C26H21N2S.C15H28O2.Ir/c1-26(2,3)22-14-19(13-18-7-4-5-9-20(18)22)23-15-24(28-16-27-23)21-10-6-8-17-11-12-29-25(17)21;1-7-14(5,8-2)12(16)11-13(17)15(6,9-3)10-4;/h4-12,14-16H,1-3H3;11,16H,7-10H2,1-6H3;/q-1;;/b;12-11-;. The monoisotopic (exact) mass is 826 g/mol. The topological polar surface area (TPSA) is 63.1 Å². The summed E-state index contributed by atoms with van der Waals surface area (Å²) in [6.45, 7) is 18.8.